The minimum atomic E-state index is -0.00550. The summed E-state index contributed by atoms with van der Waals surface area (Å²) in [5.74, 6) is 0.203. The number of carbonyl (C=O) groups excluding carboxylic acids is 2. The fourth-order valence-electron chi connectivity index (χ4n) is 3.34. The molecule has 0 atom stereocenters. The normalized spacial score (nSPS) is 15.0. The van der Waals surface area contributed by atoms with Crippen LogP contribution in [0.15, 0.2) is 43.0 Å². The van der Waals surface area contributed by atoms with E-state index < -0.39 is 0 Å². The molecule has 0 aliphatic carbocycles. The average Bonchev–Trinajstić information content (AvgIpc) is 3.22. The molecule has 1 fully saturated rings. The zero-order valence-corrected chi connectivity index (χ0v) is 15.1. The summed E-state index contributed by atoms with van der Waals surface area (Å²) in [6, 6.07) is 5.34. The van der Waals surface area contributed by atoms with Crippen molar-refractivity contribution in [2.75, 3.05) is 26.2 Å². The van der Waals surface area contributed by atoms with Gasteiger partial charge in [0.2, 0.25) is 5.91 Å². The van der Waals surface area contributed by atoms with Crippen molar-refractivity contribution < 1.29 is 9.59 Å². The highest BCUT2D eigenvalue weighted by atomic mass is 16.2. The lowest BCUT2D eigenvalue weighted by Gasteiger charge is -2.34. The Bertz CT molecular complexity index is 709. The third-order valence-electron chi connectivity index (χ3n) is 4.91. The minimum absolute atomic E-state index is 0.00550. The Labute approximate surface area is 153 Å². The van der Waals surface area contributed by atoms with Crippen molar-refractivity contribution in [3.63, 3.8) is 0 Å². The number of pyridine rings is 1. The van der Waals surface area contributed by atoms with Crippen LogP contribution in [0.3, 0.4) is 0 Å². The van der Waals surface area contributed by atoms with Gasteiger partial charge in [0, 0.05) is 62.4 Å². The van der Waals surface area contributed by atoms with Crippen LogP contribution < -0.4 is 0 Å². The van der Waals surface area contributed by atoms with Crippen molar-refractivity contribution in [2.24, 2.45) is 5.92 Å². The molecule has 0 bridgehead atoms. The first-order chi connectivity index (χ1) is 12.7. The number of rotatable bonds is 6. The number of hydrogen-bond donors (Lipinski definition) is 0. The first-order valence-electron chi connectivity index (χ1n) is 9.14. The number of aromatic nitrogens is 3. The molecular formula is C19H25N5O2. The maximum atomic E-state index is 12.8. The average molecular weight is 355 g/mol. The molecule has 1 saturated heterocycles. The monoisotopic (exact) mass is 355 g/mol. The molecule has 26 heavy (non-hydrogen) atoms. The van der Waals surface area contributed by atoms with Gasteiger partial charge in [-0.3, -0.25) is 19.3 Å². The summed E-state index contributed by atoms with van der Waals surface area (Å²) < 4.78 is 1.84. The third kappa shape index (κ3) is 4.28. The standard InChI is InChI=1S/C19H25N5O2/c1-2-22(14-15-24-11-3-8-21-24)18(25)17-6-12-23(13-7-17)19(26)16-4-9-20-10-5-16/h3-5,8-11,17H,2,6-7,12-15H2,1H3. The van der Waals surface area contributed by atoms with Gasteiger partial charge in [-0.05, 0) is 38.0 Å². The maximum absolute atomic E-state index is 12.8. The molecule has 2 aromatic heterocycles. The molecule has 0 N–H and O–H groups in total. The molecule has 7 heteroatoms. The van der Waals surface area contributed by atoms with E-state index in [2.05, 4.69) is 10.1 Å². The number of likely N-dealkylation sites (N-methyl/N-ethyl adjacent to an activating group) is 1. The quantitative estimate of drug-likeness (QED) is 0.790. The number of piperidine rings is 1. The van der Waals surface area contributed by atoms with Crippen LogP contribution in [-0.4, -0.2) is 62.6 Å². The van der Waals surface area contributed by atoms with E-state index in [0.717, 1.165) is 0 Å². The van der Waals surface area contributed by atoms with Crippen LogP contribution in [0.25, 0.3) is 0 Å². The van der Waals surface area contributed by atoms with Gasteiger partial charge in [-0.1, -0.05) is 0 Å². The van der Waals surface area contributed by atoms with Gasteiger partial charge >= 0.3 is 0 Å². The smallest absolute Gasteiger partial charge is 0.253 e. The fraction of sp³-hybridized carbons (Fsp3) is 0.474. The summed E-state index contributed by atoms with van der Waals surface area (Å²) in [5.41, 5.74) is 0.652. The fourth-order valence-corrected chi connectivity index (χ4v) is 3.34. The summed E-state index contributed by atoms with van der Waals surface area (Å²) in [6.45, 7) is 5.29. The van der Waals surface area contributed by atoms with Gasteiger partial charge in [-0.15, -0.1) is 0 Å². The van der Waals surface area contributed by atoms with Gasteiger partial charge in [0.15, 0.2) is 0 Å². The molecule has 0 aromatic carbocycles. The first-order valence-corrected chi connectivity index (χ1v) is 9.14. The summed E-state index contributed by atoms with van der Waals surface area (Å²) in [5, 5.41) is 4.18. The predicted molar refractivity (Wildman–Crippen MR) is 97.3 cm³/mol. The van der Waals surface area contributed by atoms with Crippen LogP contribution in [0.2, 0.25) is 0 Å². The highest BCUT2D eigenvalue weighted by molar-refractivity contribution is 5.94. The second-order valence-electron chi connectivity index (χ2n) is 6.49. The molecule has 2 amide bonds. The summed E-state index contributed by atoms with van der Waals surface area (Å²) >= 11 is 0. The third-order valence-corrected chi connectivity index (χ3v) is 4.91. The van der Waals surface area contributed by atoms with Crippen molar-refractivity contribution in [1.29, 1.82) is 0 Å². The lowest BCUT2D eigenvalue weighted by Crippen LogP contribution is -2.45. The molecule has 0 radical (unpaired) electrons. The molecule has 0 saturated carbocycles. The Hall–Kier alpha value is -2.70. The topological polar surface area (TPSA) is 71.3 Å². The lowest BCUT2D eigenvalue weighted by atomic mass is 9.94. The Morgan fingerprint density at radius 3 is 2.54 bits per heavy atom. The summed E-state index contributed by atoms with van der Waals surface area (Å²) in [7, 11) is 0. The number of hydrogen-bond acceptors (Lipinski definition) is 4. The van der Waals surface area contributed by atoms with Gasteiger partial charge < -0.3 is 9.80 Å². The molecule has 3 rings (SSSR count). The van der Waals surface area contributed by atoms with E-state index in [1.54, 1.807) is 30.7 Å². The van der Waals surface area contributed by atoms with Crippen LogP contribution in [0.4, 0.5) is 0 Å². The molecule has 1 aliphatic rings. The predicted octanol–water partition coefficient (Wildman–Crippen LogP) is 1.68. The zero-order valence-electron chi connectivity index (χ0n) is 15.1. The highest BCUT2D eigenvalue weighted by Gasteiger charge is 2.30. The van der Waals surface area contributed by atoms with E-state index in [1.165, 1.54) is 0 Å². The summed E-state index contributed by atoms with van der Waals surface area (Å²) in [4.78, 5) is 33.0. The van der Waals surface area contributed by atoms with E-state index in [9.17, 15) is 9.59 Å². The van der Waals surface area contributed by atoms with Crippen molar-refractivity contribution in [3.05, 3.63) is 48.5 Å². The number of amides is 2. The lowest BCUT2D eigenvalue weighted by molar-refractivity contribution is -0.136. The molecule has 1 aliphatic heterocycles. The first kappa shape index (κ1) is 18.1. The SMILES string of the molecule is CCN(CCn1cccn1)C(=O)C1CCN(C(=O)c2ccncc2)CC1. The van der Waals surface area contributed by atoms with Crippen molar-refractivity contribution >= 4 is 11.8 Å². The van der Waals surface area contributed by atoms with Crippen LogP contribution >= 0.6 is 0 Å². The number of nitrogens with zero attached hydrogens (tertiary/aromatic N) is 5. The molecular weight excluding hydrogens is 330 g/mol. The van der Waals surface area contributed by atoms with E-state index in [1.807, 2.05) is 33.7 Å². The Kier molecular flexibility index (Phi) is 5.99. The van der Waals surface area contributed by atoms with Gasteiger partial charge in [-0.2, -0.15) is 5.10 Å². The number of likely N-dealkylation sites (tertiary alicyclic amines) is 1. The van der Waals surface area contributed by atoms with Gasteiger partial charge in [0.05, 0.1) is 6.54 Å². The molecule has 138 valence electrons. The van der Waals surface area contributed by atoms with Crippen molar-refractivity contribution in [1.82, 2.24) is 24.6 Å². The van der Waals surface area contributed by atoms with Crippen LogP contribution in [0.5, 0.6) is 0 Å². The number of carbonyl (C=O) groups is 2. The Morgan fingerprint density at radius 1 is 1.19 bits per heavy atom. The second kappa shape index (κ2) is 8.60. The van der Waals surface area contributed by atoms with Gasteiger partial charge in [-0.25, -0.2) is 0 Å². The zero-order chi connectivity index (χ0) is 18.4. The van der Waals surface area contributed by atoms with E-state index in [4.69, 9.17) is 0 Å². The Balaban J connectivity index is 1.51. The molecule has 0 unspecified atom stereocenters. The van der Waals surface area contributed by atoms with Crippen LogP contribution in [0.1, 0.15) is 30.1 Å². The Morgan fingerprint density at radius 2 is 1.92 bits per heavy atom. The van der Waals surface area contributed by atoms with Crippen molar-refractivity contribution in [2.45, 2.75) is 26.3 Å². The van der Waals surface area contributed by atoms with Gasteiger partial charge in [0.1, 0.15) is 0 Å². The second-order valence-corrected chi connectivity index (χ2v) is 6.49. The summed E-state index contributed by atoms with van der Waals surface area (Å²) in [6.07, 6.45) is 8.33. The van der Waals surface area contributed by atoms with E-state index >= 15 is 0 Å². The molecule has 3 heterocycles. The molecule has 2 aromatic rings. The largest absolute Gasteiger partial charge is 0.341 e. The molecule has 0 spiro atoms. The van der Waals surface area contributed by atoms with Crippen molar-refractivity contribution in [3.8, 4) is 0 Å². The highest BCUT2D eigenvalue weighted by Crippen LogP contribution is 2.21. The van der Waals surface area contributed by atoms with E-state index in [-0.39, 0.29) is 17.7 Å². The maximum Gasteiger partial charge on any atom is 0.253 e. The van der Waals surface area contributed by atoms with E-state index in [0.29, 0.717) is 51.1 Å². The van der Waals surface area contributed by atoms with Gasteiger partial charge in [0.25, 0.3) is 5.91 Å². The van der Waals surface area contributed by atoms with Crippen LogP contribution in [0, 0.1) is 5.92 Å². The van der Waals surface area contributed by atoms with Crippen LogP contribution in [-0.2, 0) is 11.3 Å². The minimum Gasteiger partial charge on any atom is -0.341 e. The molecule has 7 nitrogen and oxygen atoms in total.